The molecule has 0 unspecified atom stereocenters. The Hall–Kier alpha value is -1.69. The summed E-state index contributed by atoms with van der Waals surface area (Å²) in [6.07, 6.45) is -0.334. The van der Waals surface area contributed by atoms with E-state index < -0.39 is 23.1 Å². The van der Waals surface area contributed by atoms with E-state index in [1.807, 2.05) is 13.8 Å². The first-order valence-corrected chi connectivity index (χ1v) is 6.08. The second-order valence-corrected chi connectivity index (χ2v) is 4.79. The summed E-state index contributed by atoms with van der Waals surface area (Å²) in [6, 6.07) is 2.10. The molecule has 1 amide bonds. The predicted octanol–water partition coefficient (Wildman–Crippen LogP) is 1.80. The number of benzene rings is 1. The molecule has 0 radical (unpaired) electrons. The highest BCUT2D eigenvalue weighted by Crippen LogP contribution is 2.22. The Balaban J connectivity index is 2.32. The van der Waals surface area contributed by atoms with Crippen LogP contribution in [0.5, 0.6) is 0 Å². The molecule has 0 aromatic heterocycles. The van der Waals surface area contributed by atoms with E-state index in [2.05, 4.69) is 0 Å². The predicted molar refractivity (Wildman–Crippen MR) is 66.7 cm³/mol. The van der Waals surface area contributed by atoms with Crippen LogP contribution < -0.4 is 5.73 Å². The highest BCUT2D eigenvalue weighted by atomic mass is 19.1. The maximum Gasteiger partial charge on any atom is 0.260 e. The minimum atomic E-state index is -1.00. The van der Waals surface area contributed by atoms with E-state index in [1.54, 1.807) is 0 Å². The highest BCUT2D eigenvalue weighted by Gasteiger charge is 2.30. The Morgan fingerprint density at radius 3 is 2.47 bits per heavy atom. The quantitative estimate of drug-likeness (QED) is 0.792. The van der Waals surface area contributed by atoms with Crippen molar-refractivity contribution in [2.75, 3.05) is 18.8 Å². The van der Waals surface area contributed by atoms with Gasteiger partial charge in [0.25, 0.3) is 5.91 Å². The smallest absolute Gasteiger partial charge is 0.260 e. The van der Waals surface area contributed by atoms with Crippen LogP contribution in [-0.4, -0.2) is 36.1 Å². The normalized spacial score (nSPS) is 23.5. The largest absolute Gasteiger partial charge is 0.396 e. The topological polar surface area (TPSA) is 55.6 Å². The molecule has 1 fully saturated rings. The first-order valence-electron chi connectivity index (χ1n) is 6.08. The zero-order chi connectivity index (χ0) is 14.2. The molecule has 0 bridgehead atoms. The monoisotopic (exact) mass is 270 g/mol. The third-order valence-electron chi connectivity index (χ3n) is 3.04. The van der Waals surface area contributed by atoms with Crippen molar-refractivity contribution in [3.8, 4) is 0 Å². The molecule has 0 saturated carbocycles. The number of rotatable bonds is 1. The van der Waals surface area contributed by atoms with Crippen molar-refractivity contribution in [3.63, 3.8) is 0 Å². The number of nitrogens with two attached hydrogens (primary N) is 1. The molecule has 2 N–H and O–H groups in total. The number of ether oxygens (including phenoxy) is 1. The fourth-order valence-corrected chi connectivity index (χ4v) is 2.27. The number of morpholine rings is 1. The van der Waals surface area contributed by atoms with Crippen molar-refractivity contribution in [2.24, 2.45) is 0 Å². The summed E-state index contributed by atoms with van der Waals surface area (Å²) in [5.41, 5.74) is 4.54. The standard InChI is InChI=1S/C13H16F2N2O2/c1-7-5-17(6-8(2)19-7)13(18)11-9(14)3-4-10(16)12(11)15/h3-4,7-8H,5-6,16H2,1-2H3/t7-,8+. The molecule has 6 heteroatoms. The zero-order valence-corrected chi connectivity index (χ0v) is 10.8. The second-order valence-electron chi connectivity index (χ2n) is 4.79. The van der Waals surface area contributed by atoms with Gasteiger partial charge in [0.15, 0.2) is 5.82 Å². The van der Waals surface area contributed by atoms with Crippen LogP contribution in [0.3, 0.4) is 0 Å². The summed E-state index contributed by atoms with van der Waals surface area (Å²) in [5.74, 6) is -2.59. The summed E-state index contributed by atoms with van der Waals surface area (Å²) < 4.78 is 33.0. The second kappa shape index (κ2) is 5.13. The molecule has 19 heavy (non-hydrogen) atoms. The fourth-order valence-electron chi connectivity index (χ4n) is 2.27. The number of anilines is 1. The third kappa shape index (κ3) is 2.68. The molecular formula is C13H16F2N2O2. The Kier molecular flexibility index (Phi) is 3.71. The van der Waals surface area contributed by atoms with Gasteiger partial charge in [0.05, 0.1) is 17.9 Å². The lowest BCUT2D eigenvalue weighted by atomic mass is 10.1. The van der Waals surface area contributed by atoms with Gasteiger partial charge >= 0.3 is 0 Å². The van der Waals surface area contributed by atoms with E-state index >= 15 is 0 Å². The van der Waals surface area contributed by atoms with Gasteiger partial charge in [-0.2, -0.15) is 0 Å². The highest BCUT2D eigenvalue weighted by molar-refractivity contribution is 5.95. The molecule has 0 aliphatic carbocycles. The maximum absolute atomic E-state index is 13.8. The first kappa shape index (κ1) is 13.7. The van der Waals surface area contributed by atoms with E-state index in [9.17, 15) is 13.6 Å². The van der Waals surface area contributed by atoms with Gasteiger partial charge in [0.1, 0.15) is 11.4 Å². The first-order chi connectivity index (χ1) is 8.90. The van der Waals surface area contributed by atoms with Crippen molar-refractivity contribution >= 4 is 11.6 Å². The number of halogens is 2. The molecule has 104 valence electrons. The minimum Gasteiger partial charge on any atom is -0.396 e. The van der Waals surface area contributed by atoms with Gasteiger partial charge in [0, 0.05) is 13.1 Å². The van der Waals surface area contributed by atoms with E-state index in [1.165, 1.54) is 4.90 Å². The number of hydrogen-bond acceptors (Lipinski definition) is 3. The van der Waals surface area contributed by atoms with Crippen LogP contribution in [-0.2, 0) is 4.74 Å². The number of amides is 1. The summed E-state index contributed by atoms with van der Waals surface area (Å²) >= 11 is 0. The van der Waals surface area contributed by atoms with Gasteiger partial charge in [-0.25, -0.2) is 8.78 Å². The Morgan fingerprint density at radius 1 is 1.32 bits per heavy atom. The van der Waals surface area contributed by atoms with Crippen molar-refractivity contribution in [1.29, 1.82) is 0 Å². The van der Waals surface area contributed by atoms with Crippen molar-refractivity contribution in [2.45, 2.75) is 26.1 Å². The van der Waals surface area contributed by atoms with E-state index in [0.29, 0.717) is 13.1 Å². The van der Waals surface area contributed by atoms with Crippen LogP contribution in [0.25, 0.3) is 0 Å². The van der Waals surface area contributed by atoms with Crippen molar-refractivity contribution in [1.82, 2.24) is 4.90 Å². The lowest BCUT2D eigenvalue weighted by molar-refractivity contribution is -0.0588. The Labute approximate surface area is 110 Å². The average Bonchev–Trinajstić information content (AvgIpc) is 2.33. The molecule has 1 heterocycles. The summed E-state index contributed by atoms with van der Waals surface area (Å²) in [7, 11) is 0. The molecule has 1 aliphatic rings. The lowest BCUT2D eigenvalue weighted by Crippen LogP contribution is -2.48. The molecule has 1 aliphatic heterocycles. The fraction of sp³-hybridized carbons (Fsp3) is 0.462. The molecule has 0 spiro atoms. The van der Waals surface area contributed by atoms with Gasteiger partial charge in [-0.15, -0.1) is 0 Å². The number of hydrogen-bond donors (Lipinski definition) is 1. The zero-order valence-electron chi connectivity index (χ0n) is 10.8. The summed E-state index contributed by atoms with van der Waals surface area (Å²) in [6.45, 7) is 4.22. The van der Waals surface area contributed by atoms with E-state index in [-0.39, 0.29) is 17.9 Å². The van der Waals surface area contributed by atoms with E-state index in [0.717, 1.165) is 12.1 Å². The minimum absolute atomic E-state index is 0.167. The van der Waals surface area contributed by atoms with Crippen LogP contribution in [0.15, 0.2) is 12.1 Å². The van der Waals surface area contributed by atoms with Crippen LogP contribution in [0.1, 0.15) is 24.2 Å². The molecule has 2 atom stereocenters. The van der Waals surface area contributed by atoms with Crippen molar-refractivity contribution < 1.29 is 18.3 Å². The van der Waals surface area contributed by atoms with Crippen LogP contribution in [0.2, 0.25) is 0 Å². The van der Waals surface area contributed by atoms with Gasteiger partial charge < -0.3 is 15.4 Å². The molecule has 1 aromatic rings. The number of nitrogen functional groups attached to an aromatic ring is 1. The maximum atomic E-state index is 13.8. The summed E-state index contributed by atoms with van der Waals surface area (Å²) in [4.78, 5) is 13.6. The van der Waals surface area contributed by atoms with Crippen LogP contribution in [0, 0.1) is 11.6 Å². The van der Waals surface area contributed by atoms with Gasteiger partial charge in [0.2, 0.25) is 0 Å². The average molecular weight is 270 g/mol. The van der Waals surface area contributed by atoms with Crippen LogP contribution in [0.4, 0.5) is 14.5 Å². The molecular weight excluding hydrogens is 254 g/mol. The molecule has 1 saturated heterocycles. The van der Waals surface area contributed by atoms with Gasteiger partial charge in [-0.1, -0.05) is 0 Å². The lowest BCUT2D eigenvalue weighted by Gasteiger charge is -2.35. The molecule has 2 rings (SSSR count). The van der Waals surface area contributed by atoms with E-state index in [4.69, 9.17) is 10.5 Å². The Morgan fingerprint density at radius 2 is 1.89 bits per heavy atom. The number of nitrogens with zero attached hydrogens (tertiary/aromatic N) is 1. The van der Waals surface area contributed by atoms with Crippen molar-refractivity contribution in [3.05, 3.63) is 29.3 Å². The van der Waals surface area contributed by atoms with Gasteiger partial charge in [-0.3, -0.25) is 4.79 Å². The SMILES string of the molecule is C[C@@H]1CN(C(=O)c2c(F)ccc(N)c2F)C[C@H](C)O1. The summed E-state index contributed by atoms with van der Waals surface area (Å²) in [5, 5.41) is 0. The number of carbonyl (C=O) groups excluding carboxylic acids is 1. The van der Waals surface area contributed by atoms with Crippen LogP contribution >= 0.6 is 0 Å². The molecule has 1 aromatic carbocycles. The molecule has 4 nitrogen and oxygen atoms in total. The number of carbonyl (C=O) groups is 1. The Bertz CT molecular complexity index is 498. The van der Waals surface area contributed by atoms with Gasteiger partial charge in [-0.05, 0) is 26.0 Å². The third-order valence-corrected chi connectivity index (χ3v) is 3.04.